The number of anilines is 2. The predicted octanol–water partition coefficient (Wildman–Crippen LogP) is 3.90. The lowest BCUT2D eigenvalue weighted by Gasteiger charge is -2.32. The first-order chi connectivity index (χ1) is 14.6. The van der Waals surface area contributed by atoms with Crippen molar-refractivity contribution in [2.24, 2.45) is 0 Å². The van der Waals surface area contributed by atoms with E-state index in [1.165, 1.54) is 4.90 Å². The molecule has 3 N–H and O–H groups in total. The minimum atomic E-state index is -0.873. The fourth-order valence-corrected chi connectivity index (χ4v) is 3.86. The average Bonchev–Trinajstić information content (AvgIpc) is 2.79. The molecule has 0 spiro atoms. The van der Waals surface area contributed by atoms with Gasteiger partial charge in [-0.1, -0.05) is 6.07 Å². The lowest BCUT2D eigenvalue weighted by Crippen LogP contribution is -2.44. The lowest BCUT2D eigenvalue weighted by atomic mass is 10.00. The normalized spacial score (nSPS) is 16.3. The smallest absolute Gasteiger partial charge is 0.407 e. The summed E-state index contributed by atoms with van der Waals surface area (Å²) in [5.41, 5.74) is 2.70. The third-order valence-electron chi connectivity index (χ3n) is 5.39. The first-order valence-electron chi connectivity index (χ1n) is 9.95. The zero-order valence-electron chi connectivity index (χ0n) is 17.1. The summed E-state index contributed by atoms with van der Waals surface area (Å²) >= 11 is 0. The van der Waals surface area contributed by atoms with Gasteiger partial charge in [-0.3, -0.25) is 0 Å². The first kappa shape index (κ1) is 19.8. The van der Waals surface area contributed by atoms with E-state index in [9.17, 15) is 9.90 Å². The molecule has 8 heteroatoms. The number of fused-ring (bicyclic) bond motifs is 1. The van der Waals surface area contributed by atoms with Crippen molar-refractivity contribution in [3.8, 4) is 17.0 Å². The molecule has 0 bridgehead atoms. The van der Waals surface area contributed by atoms with Gasteiger partial charge in [0.15, 0.2) is 0 Å². The Labute approximate surface area is 174 Å². The molecule has 0 aliphatic carbocycles. The second-order valence-electron chi connectivity index (χ2n) is 7.34. The molecule has 1 aromatic heterocycles. The number of ether oxygens (including phenoxy) is 1. The third kappa shape index (κ3) is 4.07. The molecule has 1 saturated heterocycles. The van der Waals surface area contributed by atoms with Gasteiger partial charge in [0.2, 0.25) is 5.95 Å². The minimum absolute atomic E-state index is 0.0396. The summed E-state index contributed by atoms with van der Waals surface area (Å²) in [6.07, 6.45) is 2.60. The Kier molecular flexibility index (Phi) is 5.56. The van der Waals surface area contributed by atoms with Gasteiger partial charge in [-0.05, 0) is 48.6 Å². The minimum Gasteiger partial charge on any atom is -0.497 e. The fraction of sp³-hybridized carbons (Fsp3) is 0.318. The number of amides is 1. The topological polar surface area (TPSA) is 99.6 Å². The molecule has 1 aliphatic heterocycles. The molecule has 0 radical (unpaired) electrons. The summed E-state index contributed by atoms with van der Waals surface area (Å²) in [4.78, 5) is 21.6. The van der Waals surface area contributed by atoms with Gasteiger partial charge in [0, 0.05) is 49.0 Å². The van der Waals surface area contributed by atoms with Gasteiger partial charge in [0.25, 0.3) is 0 Å². The largest absolute Gasteiger partial charge is 0.497 e. The van der Waals surface area contributed by atoms with Crippen molar-refractivity contribution in [2.75, 3.05) is 37.9 Å². The van der Waals surface area contributed by atoms with Gasteiger partial charge in [-0.2, -0.15) is 0 Å². The van der Waals surface area contributed by atoms with Crippen LogP contribution in [-0.4, -0.2) is 59.4 Å². The lowest BCUT2D eigenvalue weighted by molar-refractivity contribution is 0.133. The van der Waals surface area contributed by atoms with Crippen LogP contribution >= 0.6 is 0 Å². The molecule has 4 rings (SSSR count). The summed E-state index contributed by atoms with van der Waals surface area (Å²) < 4.78 is 5.42. The van der Waals surface area contributed by atoms with Gasteiger partial charge in [0.1, 0.15) is 5.75 Å². The van der Waals surface area contributed by atoms with Crippen molar-refractivity contribution in [1.29, 1.82) is 0 Å². The van der Waals surface area contributed by atoms with Crippen molar-refractivity contribution in [3.63, 3.8) is 0 Å². The van der Waals surface area contributed by atoms with E-state index in [1.807, 2.05) is 24.3 Å². The number of hydrogen-bond acceptors (Lipinski definition) is 6. The van der Waals surface area contributed by atoms with Crippen LogP contribution in [0.4, 0.5) is 16.4 Å². The molecule has 2 heterocycles. The third-order valence-corrected chi connectivity index (χ3v) is 5.39. The zero-order valence-corrected chi connectivity index (χ0v) is 17.1. The maximum Gasteiger partial charge on any atom is 0.407 e. The summed E-state index contributed by atoms with van der Waals surface area (Å²) in [7, 11) is 3.44. The molecular weight excluding hydrogens is 382 g/mol. The monoisotopic (exact) mass is 407 g/mol. The Hall–Kier alpha value is -3.55. The van der Waals surface area contributed by atoms with Gasteiger partial charge < -0.3 is 25.4 Å². The number of likely N-dealkylation sites (tertiary alicyclic amines) is 1. The quantitative estimate of drug-likeness (QED) is 0.590. The number of methoxy groups -OCH3 is 1. The molecule has 1 atom stereocenters. The number of nitrogens with one attached hydrogen (secondary N) is 2. The van der Waals surface area contributed by atoms with Crippen LogP contribution in [0.1, 0.15) is 12.8 Å². The molecule has 2 aromatic carbocycles. The Morgan fingerprint density at radius 1 is 1.27 bits per heavy atom. The summed E-state index contributed by atoms with van der Waals surface area (Å²) in [5.74, 6) is 1.33. The van der Waals surface area contributed by atoms with Crippen molar-refractivity contribution < 1.29 is 14.6 Å². The van der Waals surface area contributed by atoms with Gasteiger partial charge in [0.05, 0.1) is 12.8 Å². The van der Waals surface area contributed by atoms with E-state index in [0.29, 0.717) is 19.0 Å². The van der Waals surface area contributed by atoms with E-state index >= 15 is 0 Å². The Bertz CT molecular complexity index is 1070. The molecule has 1 unspecified atom stereocenters. The van der Waals surface area contributed by atoms with E-state index in [2.05, 4.69) is 32.7 Å². The number of rotatable bonds is 5. The van der Waals surface area contributed by atoms with Crippen LogP contribution in [0.15, 0.2) is 42.6 Å². The highest BCUT2D eigenvalue weighted by molar-refractivity contribution is 5.98. The summed E-state index contributed by atoms with van der Waals surface area (Å²) in [6.45, 7) is 1.04. The van der Waals surface area contributed by atoms with Crippen LogP contribution in [-0.2, 0) is 0 Å². The van der Waals surface area contributed by atoms with Crippen LogP contribution in [0.3, 0.4) is 0 Å². The number of benzene rings is 2. The van der Waals surface area contributed by atoms with E-state index in [0.717, 1.165) is 46.3 Å². The van der Waals surface area contributed by atoms with Crippen molar-refractivity contribution in [1.82, 2.24) is 14.9 Å². The Morgan fingerprint density at radius 2 is 2.13 bits per heavy atom. The highest BCUT2D eigenvalue weighted by atomic mass is 16.5. The first-order valence-corrected chi connectivity index (χ1v) is 9.95. The van der Waals surface area contributed by atoms with Crippen molar-refractivity contribution in [3.05, 3.63) is 42.6 Å². The van der Waals surface area contributed by atoms with E-state index in [1.54, 1.807) is 20.4 Å². The average molecular weight is 407 g/mol. The molecule has 3 aromatic rings. The Morgan fingerprint density at radius 3 is 2.90 bits per heavy atom. The van der Waals surface area contributed by atoms with Crippen LogP contribution in [0, 0.1) is 0 Å². The summed E-state index contributed by atoms with van der Waals surface area (Å²) in [5, 5.41) is 18.0. The maximum atomic E-state index is 11.4. The number of carboxylic acid groups (broad SMARTS) is 1. The van der Waals surface area contributed by atoms with Gasteiger partial charge in [-0.15, -0.1) is 0 Å². The Balaban J connectivity index is 1.76. The SMILES string of the molecule is CNc1nccc(-c2cc(NC3CCCN(C(=O)O)C3)c3cc(OC)ccc3c2)n1. The van der Waals surface area contributed by atoms with Crippen molar-refractivity contribution in [2.45, 2.75) is 18.9 Å². The van der Waals surface area contributed by atoms with Crippen LogP contribution in [0.25, 0.3) is 22.0 Å². The standard InChI is InChI=1S/C22H25N5O3/c1-23-21-24-8-7-19(26-21)15-10-14-5-6-17(30-2)12-18(14)20(11-15)25-16-4-3-9-27(13-16)22(28)29/h5-8,10-12,16,25H,3-4,9,13H2,1-2H3,(H,28,29)(H,23,24,26). The van der Waals surface area contributed by atoms with E-state index in [-0.39, 0.29) is 6.04 Å². The summed E-state index contributed by atoms with van der Waals surface area (Å²) in [6, 6.07) is 12.0. The number of piperidine rings is 1. The van der Waals surface area contributed by atoms with Crippen molar-refractivity contribution >= 4 is 28.5 Å². The second kappa shape index (κ2) is 8.44. The molecule has 1 amide bonds. The second-order valence-corrected chi connectivity index (χ2v) is 7.34. The van der Waals surface area contributed by atoms with E-state index in [4.69, 9.17) is 4.74 Å². The molecule has 1 aliphatic rings. The number of nitrogens with zero attached hydrogens (tertiary/aromatic N) is 3. The highest BCUT2D eigenvalue weighted by Gasteiger charge is 2.23. The number of aromatic nitrogens is 2. The maximum absolute atomic E-state index is 11.4. The van der Waals surface area contributed by atoms with Gasteiger partial charge in [-0.25, -0.2) is 14.8 Å². The van der Waals surface area contributed by atoms with Gasteiger partial charge >= 0.3 is 6.09 Å². The molecule has 0 saturated carbocycles. The van der Waals surface area contributed by atoms with Crippen LogP contribution in [0.5, 0.6) is 5.75 Å². The van der Waals surface area contributed by atoms with Crippen LogP contribution < -0.4 is 15.4 Å². The highest BCUT2D eigenvalue weighted by Crippen LogP contribution is 2.34. The number of carbonyl (C=O) groups is 1. The molecular formula is C22H25N5O3. The molecule has 8 nitrogen and oxygen atoms in total. The fourth-order valence-electron chi connectivity index (χ4n) is 3.86. The predicted molar refractivity (Wildman–Crippen MR) is 117 cm³/mol. The van der Waals surface area contributed by atoms with E-state index < -0.39 is 6.09 Å². The zero-order chi connectivity index (χ0) is 21.1. The van der Waals surface area contributed by atoms with Crippen LogP contribution in [0.2, 0.25) is 0 Å². The molecule has 156 valence electrons. The molecule has 30 heavy (non-hydrogen) atoms. The molecule has 1 fully saturated rings. The number of hydrogen-bond donors (Lipinski definition) is 3.